The number of alkyl carbamates (subject to hydrolysis) is 1. The van der Waals surface area contributed by atoms with E-state index in [-0.39, 0.29) is 6.09 Å². The second kappa shape index (κ2) is 8.86. The molecular formula is C16H31N5O2. The quantitative estimate of drug-likeness (QED) is 0.766. The first-order valence-electron chi connectivity index (χ1n) is 8.27. The predicted octanol–water partition coefficient (Wildman–Crippen LogP) is 2.18. The van der Waals surface area contributed by atoms with Crippen molar-refractivity contribution in [3.05, 3.63) is 12.2 Å². The van der Waals surface area contributed by atoms with E-state index in [9.17, 15) is 4.79 Å². The van der Waals surface area contributed by atoms with Gasteiger partial charge in [0.1, 0.15) is 17.8 Å². The van der Waals surface area contributed by atoms with Crippen LogP contribution < -0.4 is 10.6 Å². The fourth-order valence-electron chi connectivity index (χ4n) is 2.12. The Kier molecular flexibility index (Phi) is 7.48. The highest BCUT2D eigenvalue weighted by atomic mass is 16.6. The van der Waals surface area contributed by atoms with Gasteiger partial charge in [0, 0.05) is 19.6 Å². The zero-order chi connectivity index (χ0) is 17.5. The summed E-state index contributed by atoms with van der Waals surface area (Å²) in [5.74, 6) is 1.69. The van der Waals surface area contributed by atoms with Gasteiger partial charge in [0.25, 0.3) is 0 Å². The Bertz CT molecular complexity index is 479. The van der Waals surface area contributed by atoms with Gasteiger partial charge in [0.15, 0.2) is 0 Å². The molecule has 0 aliphatic carbocycles. The number of nitrogens with zero attached hydrogens (tertiary/aromatic N) is 3. The first-order chi connectivity index (χ1) is 10.7. The number of rotatable bonds is 8. The highest BCUT2D eigenvalue weighted by Gasteiger charge is 2.19. The van der Waals surface area contributed by atoms with Crippen LogP contribution in [-0.2, 0) is 17.8 Å². The highest BCUT2D eigenvalue weighted by Crippen LogP contribution is 2.10. The summed E-state index contributed by atoms with van der Waals surface area (Å²) in [7, 11) is 0. The molecule has 0 fully saturated rings. The maximum absolute atomic E-state index is 11.8. The topological polar surface area (TPSA) is 81.1 Å². The van der Waals surface area contributed by atoms with E-state index >= 15 is 0 Å². The van der Waals surface area contributed by atoms with Crippen molar-refractivity contribution in [2.45, 2.75) is 60.2 Å². The number of hydrogen-bond acceptors (Lipinski definition) is 5. The van der Waals surface area contributed by atoms with Gasteiger partial charge in [0.05, 0.1) is 6.54 Å². The molecule has 0 spiro atoms. The van der Waals surface area contributed by atoms with Crippen LogP contribution in [0.1, 0.15) is 47.4 Å². The van der Waals surface area contributed by atoms with Crippen LogP contribution in [0.15, 0.2) is 6.33 Å². The van der Waals surface area contributed by atoms with Gasteiger partial charge in [-0.1, -0.05) is 13.8 Å². The smallest absolute Gasteiger partial charge is 0.407 e. The monoisotopic (exact) mass is 325 g/mol. The van der Waals surface area contributed by atoms with Crippen LogP contribution in [0.4, 0.5) is 4.79 Å². The molecule has 0 radical (unpaired) electrons. The van der Waals surface area contributed by atoms with Crippen LogP contribution in [0.2, 0.25) is 0 Å². The van der Waals surface area contributed by atoms with E-state index in [1.807, 2.05) is 25.3 Å². The lowest BCUT2D eigenvalue weighted by Crippen LogP contribution is -2.39. The largest absolute Gasteiger partial charge is 0.444 e. The Morgan fingerprint density at radius 2 is 2.04 bits per heavy atom. The van der Waals surface area contributed by atoms with Gasteiger partial charge >= 0.3 is 6.09 Å². The van der Waals surface area contributed by atoms with Crippen molar-refractivity contribution in [3.63, 3.8) is 0 Å². The zero-order valence-corrected chi connectivity index (χ0v) is 15.2. The number of amides is 1. The molecule has 1 aromatic rings. The average molecular weight is 325 g/mol. The lowest BCUT2D eigenvalue weighted by Gasteiger charge is -2.24. The number of carbonyl (C=O) groups is 1. The van der Waals surface area contributed by atoms with Crippen molar-refractivity contribution in [2.24, 2.45) is 11.8 Å². The number of aromatic nitrogens is 3. The molecule has 1 amide bonds. The molecule has 23 heavy (non-hydrogen) atoms. The number of nitrogens with one attached hydrogen (secondary N) is 2. The van der Waals surface area contributed by atoms with E-state index in [0.29, 0.717) is 24.9 Å². The summed E-state index contributed by atoms with van der Waals surface area (Å²) in [5.41, 5.74) is -0.472. The summed E-state index contributed by atoms with van der Waals surface area (Å²) in [6, 6.07) is 0. The molecule has 1 atom stereocenters. The minimum Gasteiger partial charge on any atom is -0.444 e. The molecule has 7 nitrogen and oxygen atoms in total. The van der Waals surface area contributed by atoms with Crippen LogP contribution in [-0.4, -0.2) is 39.5 Å². The molecule has 0 aliphatic heterocycles. The molecule has 1 unspecified atom stereocenters. The van der Waals surface area contributed by atoms with E-state index in [4.69, 9.17) is 4.74 Å². The van der Waals surface area contributed by atoms with Gasteiger partial charge in [-0.3, -0.25) is 0 Å². The summed E-state index contributed by atoms with van der Waals surface area (Å²) >= 11 is 0. The lowest BCUT2D eigenvalue weighted by molar-refractivity contribution is 0.0515. The van der Waals surface area contributed by atoms with Crippen molar-refractivity contribution in [1.82, 2.24) is 25.4 Å². The van der Waals surface area contributed by atoms with Gasteiger partial charge in [-0.2, -0.15) is 0 Å². The molecule has 0 aromatic carbocycles. The number of ether oxygens (including phenoxy) is 1. The normalized spacial score (nSPS) is 13.2. The van der Waals surface area contributed by atoms with Gasteiger partial charge in [0.2, 0.25) is 0 Å². The van der Waals surface area contributed by atoms with Gasteiger partial charge in [-0.25, -0.2) is 4.79 Å². The van der Waals surface area contributed by atoms with Gasteiger partial charge in [-0.15, -0.1) is 10.2 Å². The van der Waals surface area contributed by atoms with E-state index in [1.54, 1.807) is 6.33 Å². The molecule has 0 aliphatic rings. The predicted molar refractivity (Wildman–Crippen MR) is 90.0 cm³/mol. The minimum absolute atomic E-state index is 0.320. The Morgan fingerprint density at radius 1 is 1.35 bits per heavy atom. The first-order valence-corrected chi connectivity index (χ1v) is 8.27. The van der Waals surface area contributed by atoms with Crippen LogP contribution in [0.25, 0.3) is 0 Å². The second-order valence-corrected chi connectivity index (χ2v) is 7.05. The van der Waals surface area contributed by atoms with Crippen molar-refractivity contribution >= 4 is 6.09 Å². The molecule has 7 heteroatoms. The molecule has 2 N–H and O–H groups in total. The third-order valence-electron chi connectivity index (χ3n) is 3.58. The Balaban J connectivity index is 2.39. The van der Waals surface area contributed by atoms with Crippen molar-refractivity contribution in [3.8, 4) is 0 Å². The second-order valence-electron chi connectivity index (χ2n) is 7.05. The molecule has 1 rings (SSSR count). The van der Waals surface area contributed by atoms with Crippen LogP contribution in [0, 0.1) is 11.8 Å². The average Bonchev–Trinajstić information content (AvgIpc) is 2.87. The third kappa shape index (κ3) is 7.45. The SMILES string of the molecule is CCn1cnnc1CNCC(CNC(=O)OC(C)(C)C)C(C)C. The summed E-state index contributed by atoms with van der Waals surface area (Å²) < 4.78 is 7.28. The molecule has 0 saturated heterocycles. The van der Waals surface area contributed by atoms with E-state index in [0.717, 1.165) is 18.9 Å². The van der Waals surface area contributed by atoms with E-state index in [2.05, 4.69) is 41.6 Å². The maximum atomic E-state index is 11.8. The third-order valence-corrected chi connectivity index (χ3v) is 3.58. The summed E-state index contributed by atoms with van der Waals surface area (Å²) in [5, 5.41) is 14.3. The van der Waals surface area contributed by atoms with Gasteiger partial charge in [-0.05, 0) is 39.5 Å². The van der Waals surface area contributed by atoms with Crippen LogP contribution >= 0.6 is 0 Å². The number of carbonyl (C=O) groups excluding carboxylic acids is 1. The summed E-state index contributed by atoms with van der Waals surface area (Å²) in [4.78, 5) is 11.8. The van der Waals surface area contributed by atoms with E-state index < -0.39 is 5.60 Å². The highest BCUT2D eigenvalue weighted by molar-refractivity contribution is 5.67. The zero-order valence-electron chi connectivity index (χ0n) is 15.2. The first kappa shape index (κ1) is 19.4. The van der Waals surface area contributed by atoms with Crippen molar-refractivity contribution in [2.75, 3.05) is 13.1 Å². The Morgan fingerprint density at radius 3 is 2.61 bits per heavy atom. The molecular weight excluding hydrogens is 294 g/mol. The fourth-order valence-corrected chi connectivity index (χ4v) is 2.12. The van der Waals surface area contributed by atoms with Crippen LogP contribution in [0.5, 0.6) is 0 Å². The standard InChI is InChI=1S/C16H31N5O2/c1-7-21-11-19-20-14(21)10-17-8-13(12(2)3)9-18-15(22)23-16(4,5)6/h11-13,17H,7-10H2,1-6H3,(H,18,22). The number of hydrogen-bond donors (Lipinski definition) is 2. The maximum Gasteiger partial charge on any atom is 0.407 e. The van der Waals surface area contributed by atoms with E-state index in [1.165, 1.54) is 0 Å². The lowest BCUT2D eigenvalue weighted by atomic mass is 9.96. The Labute approximate surface area is 139 Å². The summed E-state index contributed by atoms with van der Waals surface area (Å²) in [6.07, 6.45) is 1.37. The molecule has 1 aromatic heterocycles. The fraction of sp³-hybridized carbons (Fsp3) is 0.812. The van der Waals surface area contributed by atoms with Crippen LogP contribution in [0.3, 0.4) is 0 Å². The van der Waals surface area contributed by atoms with Gasteiger partial charge < -0.3 is 19.9 Å². The summed E-state index contributed by atoms with van der Waals surface area (Å²) in [6.45, 7) is 14.9. The van der Waals surface area contributed by atoms with Crippen molar-refractivity contribution < 1.29 is 9.53 Å². The minimum atomic E-state index is -0.472. The Hall–Kier alpha value is -1.63. The molecule has 1 heterocycles. The molecule has 0 bridgehead atoms. The van der Waals surface area contributed by atoms with Crippen molar-refractivity contribution in [1.29, 1.82) is 0 Å². The molecule has 132 valence electrons. The number of aryl methyl sites for hydroxylation is 1. The molecule has 0 saturated carbocycles.